The lowest BCUT2D eigenvalue weighted by Gasteiger charge is -2.43. The van der Waals surface area contributed by atoms with Gasteiger partial charge in [0.2, 0.25) is 0 Å². The van der Waals surface area contributed by atoms with Gasteiger partial charge in [-0.2, -0.15) is 13.2 Å². The number of ether oxygens (including phenoxy) is 1. The molecular formula is C19H26F3N3O2. The Bertz CT molecular complexity index is 637. The number of hydrogen-bond donors (Lipinski definition) is 0. The van der Waals surface area contributed by atoms with Gasteiger partial charge in [0.1, 0.15) is 0 Å². The average molecular weight is 385 g/mol. The summed E-state index contributed by atoms with van der Waals surface area (Å²) in [5.74, 6) is 0. The van der Waals surface area contributed by atoms with Gasteiger partial charge in [-0.15, -0.1) is 0 Å². The number of rotatable bonds is 3. The fraction of sp³-hybridized carbons (Fsp3) is 0.632. The molecule has 0 radical (unpaired) electrons. The van der Waals surface area contributed by atoms with Crippen molar-refractivity contribution in [3.05, 3.63) is 29.8 Å². The Morgan fingerprint density at radius 2 is 1.78 bits per heavy atom. The van der Waals surface area contributed by atoms with Crippen molar-refractivity contribution in [2.75, 3.05) is 50.8 Å². The number of alkyl halides is 3. The molecule has 0 bridgehead atoms. The highest BCUT2D eigenvalue weighted by molar-refractivity contribution is 5.67. The monoisotopic (exact) mass is 385 g/mol. The molecule has 2 fully saturated rings. The van der Waals surface area contributed by atoms with Gasteiger partial charge >= 0.3 is 12.3 Å². The second kappa shape index (κ2) is 8.37. The van der Waals surface area contributed by atoms with E-state index in [4.69, 9.17) is 4.74 Å². The maximum atomic E-state index is 12.9. The number of likely N-dealkylation sites (tertiary alicyclic amines) is 1. The van der Waals surface area contributed by atoms with E-state index in [-0.39, 0.29) is 6.09 Å². The van der Waals surface area contributed by atoms with Crippen LogP contribution in [0.5, 0.6) is 0 Å². The first-order valence-corrected chi connectivity index (χ1v) is 9.46. The number of piperazine rings is 1. The van der Waals surface area contributed by atoms with Crippen LogP contribution in [0.4, 0.5) is 23.7 Å². The van der Waals surface area contributed by atoms with Crippen LogP contribution in [0.2, 0.25) is 0 Å². The fourth-order valence-electron chi connectivity index (χ4n) is 3.85. The predicted octanol–water partition coefficient (Wildman–Crippen LogP) is 3.45. The Morgan fingerprint density at radius 3 is 2.37 bits per heavy atom. The number of amides is 1. The lowest BCUT2D eigenvalue weighted by molar-refractivity contribution is -0.137. The molecule has 0 N–H and O–H groups in total. The Morgan fingerprint density at radius 1 is 1.11 bits per heavy atom. The Balaban J connectivity index is 1.51. The van der Waals surface area contributed by atoms with Gasteiger partial charge in [0.05, 0.1) is 12.2 Å². The summed E-state index contributed by atoms with van der Waals surface area (Å²) in [5.41, 5.74) is 0.0235. The van der Waals surface area contributed by atoms with Crippen molar-refractivity contribution in [2.24, 2.45) is 0 Å². The molecular weight excluding hydrogens is 359 g/mol. The van der Waals surface area contributed by atoms with Crippen LogP contribution in [0.25, 0.3) is 0 Å². The molecule has 0 unspecified atom stereocenters. The highest BCUT2D eigenvalue weighted by Crippen LogP contribution is 2.32. The Labute approximate surface area is 157 Å². The van der Waals surface area contributed by atoms with Crippen molar-refractivity contribution in [3.8, 4) is 0 Å². The number of halogens is 3. The van der Waals surface area contributed by atoms with Gasteiger partial charge in [0.15, 0.2) is 0 Å². The molecule has 0 saturated carbocycles. The summed E-state index contributed by atoms with van der Waals surface area (Å²) in [7, 11) is 0. The molecule has 3 rings (SSSR count). The van der Waals surface area contributed by atoms with Crippen molar-refractivity contribution in [1.82, 2.24) is 9.80 Å². The topological polar surface area (TPSA) is 36.0 Å². The van der Waals surface area contributed by atoms with Gasteiger partial charge in [-0.05, 0) is 38.0 Å². The summed E-state index contributed by atoms with van der Waals surface area (Å²) in [6.07, 6.45) is -2.75. The molecule has 27 heavy (non-hydrogen) atoms. The Hall–Kier alpha value is -1.96. The van der Waals surface area contributed by atoms with Crippen molar-refractivity contribution < 1.29 is 22.7 Å². The van der Waals surface area contributed by atoms with E-state index in [2.05, 4.69) is 4.90 Å². The van der Waals surface area contributed by atoms with Gasteiger partial charge in [-0.1, -0.05) is 6.07 Å². The van der Waals surface area contributed by atoms with Crippen molar-refractivity contribution in [2.45, 2.75) is 32.0 Å². The maximum absolute atomic E-state index is 12.9. The van der Waals surface area contributed by atoms with Gasteiger partial charge < -0.3 is 14.5 Å². The number of piperidine rings is 1. The summed E-state index contributed by atoms with van der Waals surface area (Å²) in [5, 5.41) is 0. The minimum atomic E-state index is -4.31. The maximum Gasteiger partial charge on any atom is 0.416 e. The first-order chi connectivity index (χ1) is 12.9. The quantitative estimate of drug-likeness (QED) is 0.799. The zero-order valence-electron chi connectivity index (χ0n) is 15.5. The first kappa shape index (κ1) is 19.8. The SMILES string of the molecule is CCOC(=O)N1CCC(N2CCN(c3cccc(C(F)(F)F)c3)CC2)CC1. The molecule has 5 nitrogen and oxygen atoms in total. The number of carbonyl (C=O) groups is 1. The summed E-state index contributed by atoms with van der Waals surface area (Å²) >= 11 is 0. The van der Waals surface area contributed by atoms with Crippen LogP contribution in [0.15, 0.2) is 24.3 Å². The molecule has 2 heterocycles. The summed E-state index contributed by atoms with van der Waals surface area (Å²) in [6, 6.07) is 5.96. The lowest BCUT2D eigenvalue weighted by Crippen LogP contribution is -2.53. The number of carbonyl (C=O) groups excluding carboxylic acids is 1. The smallest absolute Gasteiger partial charge is 0.416 e. The second-order valence-corrected chi connectivity index (χ2v) is 6.99. The predicted molar refractivity (Wildman–Crippen MR) is 96.8 cm³/mol. The molecule has 1 amide bonds. The molecule has 2 saturated heterocycles. The third-order valence-electron chi connectivity index (χ3n) is 5.36. The van der Waals surface area contributed by atoms with Crippen LogP contribution < -0.4 is 4.90 Å². The molecule has 2 aliphatic rings. The largest absolute Gasteiger partial charge is 0.450 e. The highest BCUT2D eigenvalue weighted by atomic mass is 19.4. The van der Waals surface area contributed by atoms with E-state index in [0.717, 1.165) is 32.0 Å². The zero-order valence-corrected chi connectivity index (χ0v) is 15.5. The van der Waals surface area contributed by atoms with E-state index in [0.29, 0.717) is 44.5 Å². The van der Waals surface area contributed by atoms with Gasteiger partial charge in [0, 0.05) is 51.0 Å². The fourth-order valence-corrected chi connectivity index (χ4v) is 3.85. The van der Waals surface area contributed by atoms with E-state index in [9.17, 15) is 18.0 Å². The van der Waals surface area contributed by atoms with E-state index in [1.807, 2.05) is 4.90 Å². The summed E-state index contributed by atoms with van der Waals surface area (Å²) in [4.78, 5) is 17.9. The zero-order chi connectivity index (χ0) is 19.4. The van der Waals surface area contributed by atoms with E-state index in [1.165, 1.54) is 12.1 Å². The number of benzene rings is 1. The standard InChI is InChI=1S/C19H26F3N3O2/c1-2-27-18(26)25-8-6-16(7-9-25)23-10-12-24(13-11-23)17-5-3-4-15(14-17)19(20,21)22/h3-5,14,16H,2,6-13H2,1H3. The van der Waals surface area contributed by atoms with Crippen LogP contribution in [0.1, 0.15) is 25.3 Å². The molecule has 8 heteroatoms. The molecule has 0 aliphatic carbocycles. The molecule has 1 aromatic rings. The van der Waals surface area contributed by atoms with E-state index >= 15 is 0 Å². The van der Waals surface area contributed by atoms with Crippen LogP contribution in [-0.4, -0.2) is 67.8 Å². The molecule has 0 aromatic heterocycles. The van der Waals surface area contributed by atoms with Crippen LogP contribution in [0.3, 0.4) is 0 Å². The van der Waals surface area contributed by atoms with Gasteiger partial charge in [-0.25, -0.2) is 4.79 Å². The van der Waals surface area contributed by atoms with E-state index in [1.54, 1.807) is 17.9 Å². The summed E-state index contributed by atoms with van der Waals surface area (Å²) in [6.45, 7) is 6.62. The number of nitrogens with zero attached hydrogens (tertiary/aromatic N) is 3. The average Bonchev–Trinajstić information content (AvgIpc) is 2.68. The van der Waals surface area contributed by atoms with Crippen LogP contribution >= 0.6 is 0 Å². The third kappa shape index (κ3) is 4.86. The highest BCUT2D eigenvalue weighted by Gasteiger charge is 2.32. The summed E-state index contributed by atoms with van der Waals surface area (Å²) < 4.78 is 43.8. The number of anilines is 1. The lowest BCUT2D eigenvalue weighted by atomic mass is 10.0. The normalized spacial score (nSPS) is 20.0. The van der Waals surface area contributed by atoms with Gasteiger partial charge in [0.25, 0.3) is 0 Å². The van der Waals surface area contributed by atoms with Crippen LogP contribution in [0, 0.1) is 0 Å². The van der Waals surface area contributed by atoms with E-state index < -0.39 is 11.7 Å². The number of hydrogen-bond acceptors (Lipinski definition) is 4. The molecule has 2 aliphatic heterocycles. The Kier molecular flexibility index (Phi) is 6.14. The molecule has 150 valence electrons. The van der Waals surface area contributed by atoms with Crippen molar-refractivity contribution in [1.29, 1.82) is 0 Å². The third-order valence-corrected chi connectivity index (χ3v) is 5.36. The first-order valence-electron chi connectivity index (χ1n) is 9.46. The van der Waals surface area contributed by atoms with Crippen molar-refractivity contribution in [3.63, 3.8) is 0 Å². The minimum Gasteiger partial charge on any atom is -0.450 e. The molecule has 0 atom stereocenters. The van der Waals surface area contributed by atoms with Crippen molar-refractivity contribution >= 4 is 11.8 Å². The van der Waals surface area contributed by atoms with Crippen LogP contribution in [-0.2, 0) is 10.9 Å². The molecule has 0 spiro atoms. The second-order valence-electron chi connectivity index (χ2n) is 6.99. The minimum absolute atomic E-state index is 0.245. The molecule has 1 aromatic carbocycles. The van der Waals surface area contributed by atoms with Gasteiger partial charge in [-0.3, -0.25) is 4.90 Å².